The molecule has 0 bridgehead atoms. The molecule has 0 aliphatic carbocycles. The Bertz CT molecular complexity index is 1830. The van der Waals surface area contributed by atoms with Gasteiger partial charge in [-0.1, -0.05) is 65.6 Å². The van der Waals surface area contributed by atoms with Crippen molar-refractivity contribution in [3.8, 4) is 5.69 Å². The van der Waals surface area contributed by atoms with Gasteiger partial charge in [0.15, 0.2) is 5.16 Å². The highest BCUT2D eigenvalue weighted by atomic mass is 35.5. The van der Waals surface area contributed by atoms with Gasteiger partial charge in [-0.15, -0.1) is 0 Å². The van der Waals surface area contributed by atoms with Crippen molar-refractivity contribution < 1.29 is 17.6 Å². The van der Waals surface area contributed by atoms with Crippen LogP contribution >= 0.6 is 46.6 Å². The summed E-state index contributed by atoms with van der Waals surface area (Å²) in [4.78, 5) is 16.8. The number of imidazole rings is 1. The van der Waals surface area contributed by atoms with Crippen molar-refractivity contribution in [2.45, 2.75) is 54.8 Å². The van der Waals surface area contributed by atoms with Gasteiger partial charge in [0.25, 0.3) is 10.0 Å². The number of sulfonamides is 1. The number of aromatic nitrogens is 2. The molecule has 14 heteroatoms. The van der Waals surface area contributed by atoms with Gasteiger partial charge in [-0.25, -0.2) is 32.3 Å². The summed E-state index contributed by atoms with van der Waals surface area (Å²) in [5, 5.41) is 3.54. The van der Waals surface area contributed by atoms with E-state index in [0.717, 1.165) is 29.8 Å². The van der Waals surface area contributed by atoms with E-state index in [0.29, 0.717) is 51.6 Å². The summed E-state index contributed by atoms with van der Waals surface area (Å²) in [5.74, 6) is 0.0841. The number of rotatable bonds is 10. The molecule has 0 radical (unpaired) electrons. The van der Waals surface area contributed by atoms with Crippen molar-refractivity contribution in [3.05, 3.63) is 104 Å². The zero-order chi connectivity index (χ0) is 32.3. The lowest BCUT2D eigenvalue weighted by Gasteiger charge is -2.18. The lowest BCUT2D eigenvalue weighted by Crippen LogP contribution is -2.47. The average Bonchev–Trinajstić information content (AvgIpc) is 3.65. The number of amides is 2. The van der Waals surface area contributed by atoms with E-state index in [1.54, 1.807) is 42.4 Å². The monoisotopic (exact) mass is 709 g/mol. The summed E-state index contributed by atoms with van der Waals surface area (Å²) < 4.78 is 43.9. The third-order valence-electron chi connectivity index (χ3n) is 7.47. The van der Waals surface area contributed by atoms with Gasteiger partial charge in [-0.3, -0.25) is 9.99 Å². The highest BCUT2D eigenvalue weighted by Crippen LogP contribution is 2.34. The quantitative estimate of drug-likeness (QED) is 0.163. The Hall–Kier alpha value is -2.80. The topological polar surface area (TPSA) is 96.3 Å². The SMILES string of the molecule is Cc1cc(-n2c(C(C)Cc3ccc(Cl)c(Cl)c3)cnc2SCc2ccc(S(=O)(=O)NC(=O)NN3CCCC3)cc2Cl)ccc1F. The van der Waals surface area contributed by atoms with Gasteiger partial charge in [-0.2, -0.15) is 0 Å². The second-order valence-electron chi connectivity index (χ2n) is 10.9. The van der Waals surface area contributed by atoms with Gasteiger partial charge in [-0.05, 0) is 85.3 Å². The first-order chi connectivity index (χ1) is 21.4. The Kier molecular flexibility index (Phi) is 10.7. The molecule has 2 N–H and O–H groups in total. The van der Waals surface area contributed by atoms with Crippen LogP contribution in [-0.4, -0.2) is 42.1 Å². The molecule has 0 spiro atoms. The van der Waals surface area contributed by atoms with Crippen molar-refractivity contribution in [1.29, 1.82) is 0 Å². The van der Waals surface area contributed by atoms with Crippen molar-refractivity contribution in [3.63, 3.8) is 0 Å². The molecule has 1 saturated heterocycles. The van der Waals surface area contributed by atoms with E-state index in [-0.39, 0.29) is 21.7 Å². The molecule has 1 fully saturated rings. The van der Waals surface area contributed by atoms with Gasteiger partial charge in [0.05, 0.1) is 21.1 Å². The number of halogens is 4. The number of hydrogen-bond acceptors (Lipinski definition) is 6. The summed E-state index contributed by atoms with van der Waals surface area (Å²) >= 11 is 20.3. The van der Waals surface area contributed by atoms with E-state index in [1.807, 2.05) is 21.4 Å². The zero-order valence-electron chi connectivity index (χ0n) is 24.5. The Morgan fingerprint density at radius 1 is 1.02 bits per heavy atom. The molecule has 3 aromatic carbocycles. The van der Waals surface area contributed by atoms with Crippen LogP contribution in [0.15, 0.2) is 70.8 Å². The summed E-state index contributed by atoms with van der Waals surface area (Å²) in [6.07, 6.45) is 4.34. The standard InChI is InChI=1S/C31H31Cl3FN5O3S2/c1-19-14-23(7-10-28(19)35)40-29(20(2)13-21-5-9-25(32)27(34)15-21)17-36-31(40)44-18-22-6-8-24(16-26(22)33)45(42,43)38-30(41)37-39-11-3-4-12-39/h5-10,14-17,20H,3-4,11-13,18H2,1-2H3,(H2,37,38,41). The molecule has 1 unspecified atom stereocenters. The minimum Gasteiger partial charge on any atom is -0.292 e. The first-order valence-corrected chi connectivity index (χ1v) is 17.8. The van der Waals surface area contributed by atoms with Crippen LogP contribution in [0, 0.1) is 12.7 Å². The molecule has 2 amide bonds. The van der Waals surface area contributed by atoms with E-state index in [4.69, 9.17) is 39.8 Å². The van der Waals surface area contributed by atoms with Crippen molar-refractivity contribution in [2.75, 3.05) is 13.1 Å². The van der Waals surface area contributed by atoms with Crippen molar-refractivity contribution in [2.24, 2.45) is 0 Å². The first kappa shape index (κ1) is 33.6. The first-order valence-electron chi connectivity index (χ1n) is 14.2. The lowest BCUT2D eigenvalue weighted by molar-refractivity contribution is 0.202. The summed E-state index contributed by atoms with van der Waals surface area (Å²) in [5.41, 5.74) is 6.42. The van der Waals surface area contributed by atoms with E-state index < -0.39 is 16.1 Å². The molecule has 1 aliphatic heterocycles. The van der Waals surface area contributed by atoms with Crippen LogP contribution in [0.2, 0.25) is 15.1 Å². The maximum Gasteiger partial charge on any atom is 0.343 e. The van der Waals surface area contributed by atoms with E-state index in [9.17, 15) is 17.6 Å². The predicted molar refractivity (Wildman–Crippen MR) is 178 cm³/mol. The number of urea groups is 1. The Morgan fingerprint density at radius 3 is 2.47 bits per heavy atom. The predicted octanol–water partition coefficient (Wildman–Crippen LogP) is 7.92. The number of nitrogens with zero attached hydrogens (tertiary/aromatic N) is 3. The van der Waals surface area contributed by atoms with E-state index in [1.165, 1.54) is 30.0 Å². The van der Waals surface area contributed by atoms with Crippen LogP contribution in [0.25, 0.3) is 5.69 Å². The molecule has 5 rings (SSSR count). The number of carbonyl (C=O) groups excluding carboxylic acids is 1. The number of nitrogens with one attached hydrogen (secondary N) is 2. The number of hydrazine groups is 1. The third kappa shape index (κ3) is 8.14. The molecule has 4 aromatic rings. The Labute approximate surface area is 281 Å². The third-order valence-corrected chi connectivity index (χ3v) is 10.9. The second-order valence-corrected chi connectivity index (χ2v) is 14.7. The number of thioether (sulfide) groups is 1. The molecule has 2 heterocycles. The Balaban J connectivity index is 1.35. The lowest BCUT2D eigenvalue weighted by atomic mass is 9.98. The second kappa shape index (κ2) is 14.3. The maximum atomic E-state index is 14.2. The minimum absolute atomic E-state index is 0.0118. The summed E-state index contributed by atoms with van der Waals surface area (Å²) in [6.45, 7) is 5.13. The molecule has 1 atom stereocenters. The van der Waals surface area contributed by atoms with Gasteiger partial charge in [0.2, 0.25) is 0 Å². The zero-order valence-corrected chi connectivity index (χ0v) is 28.4. The highest BCUT2D eigenvalue weighted by Gasteiger charge is 2.23. The smallest absolute Gasteiger partial charge is 0.292 e. The number of hydrogen-bond donors (Lipinski definition) is 2. The van der Waals surface area contributed by atoms with Gasteiger partial charge in [0, 0.05) is 41.2 Å². The van der Waals surface area contributed by atoms with Gasteiger partial charge < -0.3 is 0 Å². The van der Waals surface area contributed by atoms with Gasteiger partial charge in [0.1, 0.15) is 5.82 Å². The molecule has 1 aromatic heterocycles. The van der Waals surface area contributed by atoms with Crippen molar-refractivity contribution >= 4 is 62.6 Å². The minimum atomic E-state index is -4.14. The molecule has 45 heavy (non-hydrogen) atoms. The summed E-state index contributed by atoms with van der Waals surface area (Å²) in [6, 6.07) is 14.0. The molecule has 238 valence electrons. The van der Waals surface area contributed by atoms with E-state index in [2.05, 4.69) is 12.3 Å². The van der Waals surface area contributed by atoms with E-state index >= 15 is 0 Å². The molecule has 8 nitrogen and oxygen atoms in total. The van der Waals surface area contributed by atoms with Crippen LogP contribution < -0.4 is 10.1 Å². The largest absolute Gasteiger partial charge is 0.343 e. The molecular weight excluding hydrogens is 680 g/mol. The fourth-order valence-corrected chi connectivity index (χ4v) is 7.72. The Morgan fingerprint density at radius 2 is 1.78 bits per heavy atom. The average molecular weight is 711 g/mol. The number of benzene rings is 3. The highest BCUT2D eigenvalue weighted by molar-refractivity contribution is 7.98. The van der Waals surface area contributed by atoms with Crippen molar-refractivity contribution in [1.82, 2.24) is 24.7 Å². The summed E-state index contributed by atoms with van der Waals surface area (Å²) in [7, 11) is -4.14. The molecule has 1 aliphatic rings. The van der Waals surface area contributed by atoms with Crippen LogP contribution in [0.5, 0.6) is 0 Å². The molecule has 0 saturated carbocycles. The van der Waals surface area contributed by atoms with Crippen LogP contribution in [0.3, 0.4) is 0 Å². The fourth-order valence-electron chi connectivity index (χ4n) is 5.08. The van der Waals surface area contributed by atoms with Crippen LogP contribution in [-0.2, 0) is 22.2 Å². The van der Waals surface area contributed by atoms with Gasteiger partial charge >= 0.3 is 6.03 Å². The van der Waals surface area contributed by atoms with Crippen LogP contribution in [0.1, 0.15) is 48.1 Å². The van der Waals surface area contributed by atoms with Crippen LogP contribution in [0.4, 0.5) is 9.18 Å². The molecular formula is C31H31Cl3FN5O3S2. The number of carbonyl (C=O) groups is 1. The number of aryl methyl sites for hydroxylation is 1. The fraction of sp³-hybridized carbons (Fsp3) is 0.290. The maximum absolute atomic E-state index is 14.2. The normalized spacial score (nSPS) is 14.4.